The van der Waals surface area contributed by atoms with Gasteiger partial charge in [-0.05, 0) is 38.5 Å². The molecule has 0 aromatic carbocycles. The van der Waals surface area contributed by atoms with E-state index in [1.165, 1.54) is 32.1 Å². The monoisotopic (exact) mass is 296 g/mol. The molecule has 0 radical (unpaired) electrons. The van der Waals surface area contributed by atoms with Gasteiger partial charge < -0.3 is 4.90 Å². The molecule has 3 fully saturated rings. The highest BCUT2D eigenvalue weighted by Crippen LogP contribution is 2.59. The zero-order valence-electron chi connectivity index (χ0n) is 12.8. The number of hydrogen-bond acceptors (Lipinski definition) is 3. The maximum atomic E-state index is 13.0. The number of amides is 1. The van der Waals surface area contributed by atoms with E-state index in [1.807, 2.05) is 19.2 Å². The first-order valence-corrected chi connectivity index (χ1v) is 8.30. The lowest BCUT2D eigenvalue weighted by atomic mass is 9.56. The van der Waals surface area contributed by atoms with Crippen LogP contribution in [0.2, 0.25) is 0 Å². The van der Waals surface area contributed by atoms with Crippen molar-refractivity contribution in [2.45, 2.75) is 45.1 Å². The van der Waals surface area contributed by atoms with Gasteiger partial charge >= 0.3 is 0 Å². The van der Waals surface area contributed by atoms with Gasteiger partial charge in [0.2, 0.25) is 0 Å². The standard InChI is InChI=1S/C17H20N4O/c1-11-13(9-21-14(19-11)5-8-18-21)16(22)20-10-17(6-2-7-17)15(20)12-3-4-12/h5,8-9,12,15H,2-4,6-7,10H2,1H3. The lowest BCUT2D eigenvalue weighted by Gasteiger charge is -2.63. The van der Waals surface area contributed by atoms with E-state index >= 15 is 0 Å². The van der Waals surface area contributed by atoms with Crippen molar-refractivity contribution in [2.75, 3.05) is 6.54 Å². The fourth-order valence-electron chi connectivity index (χ4n) is 4.51. The molecule has 2 saturated carbocycles. The summed E-state index contributed by atoms with van der Waals surface area (Å²) in [7, 11) is 0. The number of aromatic nitrogens is 3. The smallest absolute Gasteiger partial charge is 0.257 e. The molecule has 3 heterocycles. The van der Waals surface area contributed by atoms with Crippen LogP contribution in [-0.4, -0.2) is 38.0 Å². The van der Waals surface area contributed by atoms with E-state index in [2.05, 4.69) is 15.0 Å². The van der Waals surface area contributed by atoms with Crippen LogP contribution in [0, 0.1) is 18.3 Å². The first-order valence-electron chi connectivity index (χ1n) is 8.30. The quantitative estimate of drug-likeness (QED) is 0.855. The highest BCUT2D eigenvalue weighted by molar-refractivity contribution is 5.96. The molecular weight excluding hydrogens is 276 g/mol. The summed E-state index contributed by atoms with van der Waals surface area (Å²) in [4.78, 5) is 19.7. The largest absolute Gasteiger partial charge is 0.334 e. The molecular formula is C17H20N4O. The van der Waals surface area contributed by atoms with Crippen LogP contribution >= 0.6 is 0 Å². The SMILES string of the molecule is Cc1nc2ccnn2cc1C(=O)N1CC2(CCC2)C1C1CC1. The summed E-state index contributed by atoms with van der Waals surface area (Å²) in [6, 6.07) is 2.35. The molecule has 1 spiro atoms. The van der Waals surface area contributed by atoms with Crippen molar-refractivity contribution in [1.82, 2.24) is 19.5 Å². The Balaban J connectivity index is 1.49. The minimum Gasteiger partial charge on any atom is -0.334 e. The summed E-state index contributed by atoms with van der Waals surface area (Å²) in [5.41, 5.74) is 2.78. The molecule has 1 saturated heterocycles. The maximum Gasteiger partial charge on any atom is 0.257 e. The van der Waals surface area contributed by atoms with Gasteiger partial charge in [0.15, 0.2) is 5.65 Å². The van der Waals surface area contributed by atoms with Crippen LogP contribution < -0.4 is 0 Å². The van der Waals surface area contributed by atoms with Gasteiger partial charge in [-0.2, -0.15) is 5.10 Å². The number of carbonyl (C=O) groups excluding carboxylic acids is 1. The number of likely N-dealkylation sites (tertiary alicyclic amines) is 1. The molecule has 1 unspecified atom stereocenters. The Bertz CT molecular complexity index is 772. The minimum absolute atomic E-state index is 0.150. The highest BCUT2D eigenvalue weighted by Gasteiger charge is 2.61. The van der Waals surface area contributed by atoms with E-state index in [4.69, 9.17) is 0 Å². The molecule has 114 valence electrons. The van der Waals surface area contributed by atoms with Crippen molar-refractivity contribution in [1.29, 1.82) is 0 Å². The predicted molar refractivity (Wildman–Crippen MR) is 81.6 cm³/mol. The second-order valence-electron chi connectivity index (χ2n) is 7.31. The molecule has 0 N–H and O–H groups in total. The number of carbonyl (C=O) groups is 1. The molecule has 5 rings (SSSR count). The van der Waals surface area contributed by atoms with Crippen LogP contribution in [-0.2, 0) is 0 Å². The Kier molecular flexibility index (Phi) is 2.34. The van der Waals surface area contributed by atoms with E-state index in [0.717, 1.165) is 23.8 Å². The Morgan fingerprint density at radius 3 is 2.86 bits per heavy atom. The zero-order valence-corrected chi connectivity index (χ0v) is 12.8. The predicted octanol–water partition coefficient (Wildman–Crippen LogP) is 2.44. The highest BCUT2D eigenvalue weighted by atomic mass is 16.2. The fraction of sp³-hybridized carbons (Fsp3) is 0.588. The zero-order chi connectivity index (χ0) is 14.9. The van der Waals surface area contributed by atoms with Crippen molar-refractivity contribution in [3.05, 3.63) is 29.7 Å². The lowest BCUT2D eigenvalue weighted by molar-refractivity contribution is -0.111. The summed E-state index contributed by atoms with van der Waals surface area (Å²) < 4.78 is 1.70. The molecule has 1 amide bonds. The third-order valence-electron chi connectivity index (χ3n) is 5.93. The number of hydrogen-bond donors (Lipinski definition) is 0. The normalized spacial score (nSPS) is 26.0. The van der Waals surface area contributed by atoms with E-state index in [1.54, 1.807) is 10.7 Å². The van der Waals surface area contributed by atoms with Crippen molar-refractivity contribution in [2.24, 2.45) is 11.3 Å². The molecule has 2 aromatic rings. The van der Waals surface area contributed by atoms with Gasteiger partial charge in [0.25, 0.3) is 5.91 Å². The number of fused-ring (bicyclic) bond motifs is 1. The van der Waals surface area contributed by atoms with Gasteiger partial charge in [0.05, 0.1) is 17.5 Å². The maximum absolute atomic E-state index is 13.0. The Hall–Kier alpha value is -1.91. The Labute approximate surface area is 129 Å². The molecule has 1 aliphatic heterocycles. The second kappa shape index (κ2) is 4.09. The Morgan fingerprint density at radius 2 is 2.18 bits per heavy atom. The molecule has 22 heavy (non-hydrogen) atoms. The van der Waals surface area contributed by atoms with Gasteiger partial charge in [-0.25, -0.2) is 9.50 Å². The van der Waals surface area contributed by atoms with Gasteiger partial charge in [0, 0.05) is 30.3 Å². The van der Waals surface area contributed by atoms with Crippen molar-refractivity contribution < 1.29 is 4.79 Å². The van der Waals surface area contributed by atoms with Crippen LogP contribution in [0.15, 0.2) is 18.5 Å². The van der Waals surface area contributed by atoms with Gasteiger partial charge in [-0.3, -0.25) is 4.79 Å². The second-order valence-corrected chi connectivity index (χ2v) is 7.31. The molecule has 5 heteroatoms. The molecule has 2 aliphatic carbocycles. The van der Waals surface area contributed by atoms with Crippen LogP contribution in [0.3, 0.4) is 0 Å². The van der Waals surface area contributed by atoms with E-state index in [9.17, 15) is 4.79 Å². The Morgan fingerprint density at radius 1 is 1.36 bits per heavy atom. The van der Waals surface area contributed by atoms with Gasteiger partial charge in [-0.15, -0.1) is 0 Å². The molecule has 3 aliphatic rings. The van der Waals surface area contributed by atoms with Crippen molar-refractivity contribution >= 4 is 11.6 Å². The lowest BCUT2D eigenvalue weighted by Crippen LogP contribution is -2.69. The molecule has 0 bridgehead atoms. The van der Waals surface area contributed by atoms with E-state index in [0.29, 0.717) is 17.0 Å². The molecule has 1 atom stereocenters. The third kappa shape index (κ3) is 1.57. The first-order chi connectivity index (χ1) is 10.7. The van der Waals surface area contributed by atoms with Crippen molar-refractivity contribution in [3.63, 3.8) is 0 Å². The van der Waals surface area contributed by atoms with Crippen LogP contribution in [0.4, 0.5) is 0 Å². The van der Waals surface area contributed by atoms with Crippen LogP contribution in [0.1, 0.15) is 48.2 Å². The van der Waals surface area contributed by atoms with Crippen LogP contribution in [0.25, 0.3) is 5.65 Å². The van der Waals surface area contributed by atoms with E-state index < -0.39 is 0 Å². The summed E-state index contributed by atoms with van der Waals surface area (Å²) in [5.74, 6) is 0.900. The summed E-state index contributed by atoms with van der Waals surface area (Å²) in [5, 5.41) is 4.21. The minimum atomic E-state index is 0.150. The van der Waals surface area contributed by atoms with Crippen molar-refractivity contribution in [3.8, 4) is 0 Å². The fourth-order valence-corrected chi connectivity index (χ4v) is 4.51. The summed E-state index contributed by atoms with van der Waals surface area (Å²) in [6.45, 7) is 2.87. The topological polar surface area (TPSA) is 50.5 Å². The molecule has 2 aromatic heterocycles. The van der Waals surface area contributed by atoms with E-state index in [-0.39, 0.29) is 5.91 Å². The molecule has 5 nitrogen and oxygen atoms in total. The number of nitrogens with zero attached hydrogens (tertiary/aromatic N) is 4. The van der Waals surface area contributed by atoms with Gasteiger partial charge in [0.1, 0.15) is 0 Å². The number of rotatable bonds is 2. The van der Waals surface area contributed by atoms with Gasteiger partial charge in [-0.1, -0.05) is 6.42 Å². The summed E-state index contributed by atoms with van der Waals surface area (Å²) in [6.07, 6.45) is 10.1. The van der Waals surface area contributed by atoms with Crippen LogP contribution in [0.5, 0.6) is 0 Å². The number of aryl methyl sites for hydroxylation is 1. The average Bonchev–Trinajstić information content (AvgIpc) is 3.12. The first kappa shape index (κ1) is 12.6. The third-order valence-corrected chi connectivity index (χ3v) is 5.93. The summed E-state index contributed by atoms with van der Waals surface area (Å²) >= 11 is 0. The average molecular weight is 296 g/mol.